The predicted octanol–water partition coefficient (Wildman–Crippen LogP) is 6.49. The number of carbonyl (C=O) groups excluding carboxylic acids is 1. The number of hydrogen-bond donors (Lipinski definition) is 1. The molecule has 0 spiro atoms. The molecule has 0 aliphatic heterocycles. The van der Waals surface area contributed by atoms with Crippen molar-refractivity contribution in [1.29, 1.82) is 0 Å². The van der Waals surface area contributed by atoms with Crippen LogP contribution in [-0.4, -0.2) is 19.6 Å². The third-order valence-electron chi connectivity index (χ3n) is 8.96. The fourth-order valence-electron chi connectivity index (χ4n) is 6.93. The first-order valence-electron chi connectivity index (χ1n) is 12.6. The van der Waals surface area contributed by atoms with Crippen LogP contribution in [0.5, 0.6) is 5.75 Å². The van der Waals surface area contributed by atoms with E-state index in [1.807, 2.05) is 12.1 Å². The molecule has 3 aliphatic carbocycles. The third-order valence-corrected chi connectivity index (χ3v) is 8.96. The first-order chi connectivity index (χ1) is 15.3. The average Bonchev–Trinajstić information content (AvgIpc) is 2.79. The summed E-state index contributed by atoms with van der Waals surface area (Å²) in [6.45, 7) is 10.1. The molecule has 0 radical (unpaired) electrons. The quantitative estimate of drug-likeness (QED) is 0.555. The highest BCUT2D eigenvalue weighted by Gasteiger charge is 2.56. The zero-order valence-corrected chi connectivity index (χ0v) is 20.7. The van der Waals surface area contributed by atoms with E-state index in [1.165, 1.54) is 24.8 Å². The standard InChI is InChI=1S/C29H41NO2/c1-20(2)22-9-13-25-23(19-22)10-14-26-28(25,3)16-6-17-29(26,4)27(31)30-18-15-21-7-11-24(32-5)12-8-21/h7-8,10-12,19-20,25-26H,6,9,13-18H2,1-5H3,(H,30,31)/t25?,26?,28-,29?/m1/s1. The summed E-state index contributed by atoms with van der Waals surface area (Å²) in [5.41, 5.74) is 4.33. The molecular formula is C29H41NO2. The average molecular weight is 436 g/mol. The molecule has 3 heteroatoms. The molecule has 1 amide bonds. The van der Waals surface area contributed by atoms with Crippen LogP contribution in [0.2, 0.25) is 0 Å². The van der Waals surface area contributed by atoms with Gasteiger partial charge in [0.2, 0.25) is 5.91 Å². The van der Waals surface area contributed by atoms with Crippen molar-refractivity contribution in [2.24, 2.45) is 28.6 Å². The largest absolute Gasteiger partial charge is 0.497 e. The molecule has 1 N–H and O–H groups in total. The summed E-state index contributed by atoms with van der Waals surface area (Å²) < 4.78 is 5.24. The van der Waals surface area contributed by atoms with Crippen molar-refractivity contribution < 1.29 is 9.53 Å². The summed E-state index contributed by atoms with van der Waals surface area (Å²) in [5.74, 6) is 2.79. The van der Waals surface area contributed by atoms with Gasteiger partial charge in [-0.1, -0.05) is 64.0 Å². The van der Waals surface area contributed by atoms with Gasteiger partial charge in [0.25, 0.3) is 0 Å². The fourth-order valence-corrected chi connectivity index (χ4v) is 6.93. The van der Waals surface area contributed by atoms with Crippen LogP contribution < -0.4 is 10.1 Å². The Morgan fingerprint density at radius 3 is 2.62 bits per heavy atom. The van der Waals surface area contributed by atoms with Crippen molar-refractivity contribution in [3.8, 4) is 5.75 Å². The Morgan fingerprint density at radius 2 is 1.94 bits per heavy atom. The van der Waals surface area contributed by atoms with Crippen LogP contribution in [0.3, 0.4) is 0 Å². The van der Waals surface area contributed by atoms with Gasteiger partial charge in [-0.25, -0.2) is 0 Å². The predicted molar refractivity (Wildman–Crippen MR) is 132 cm³/mol. The van der Waals surface area contributed by atoms with Crippen LogP contribution in [0.4, 0.5) is 0 Å². The molecule has 3 nitrogen and oxygen atoms in total. The third kappa shape index (κ3) is 4.16. The van der Waals surface area contributed by atoms with Gasteiger partial charge in [-0.2, -0.15) is 0 Å². The van der Waals surface area contributed by atoms with Gasteiger partial charge in [-0.15, -0.1) is 0 Å². The summed E-state index contributed by atoms with van der Waals surface area (Å²) in [4.78, 5) is 13.5. The number of allylic oxidation sites excluding steroid dienone is 4. The van der Waals surface area contributed by atoms with Crippen molar-refractivity contribution in [2.75, 3.05) is 13.7 Å². The maximum Gasteiger partial charge on any atom is 0.226 e. The number of rotatable bonds is 6. The van der Waals surface area contributed by atoms with Crippen molar-refractivity contribution in [3.63, 3.8) is 0 Å². The molecule has 1 aromatic rings. The molecule has 0 bridgehead atoms. The molecule has 0 heterocycles. The van der Waals surface area contributed by atoms with E-state index in [1.54, 1.807) is 18.3 Å². The maximum absolute atomic E-state index is 13.5. The van der Waals surface area contributed by atoms with E-state index in [0.717, 1.165) is 31.4 Å². The zero-order chi connectivity index (χ0) is 22.9. The molecule has 0 saturated heterocycles. The van der Waals surface area contributed by atoms with Gasteiger partial charge in [0, 0.05) is 6.54 Å². The number of methoxy groups -OCH3 is 1. The van der Waals surface area contributed by atoms with Gasteiger partial charge in [-0.05, 0) is 85.0 Å². The first kappa shape index (κ1) is 23.1. The van der Waals surface area contributed by atoms with Crippen LogP contribution in [0, 0.1) is 28.6 Å². The van der Waals surface area contributed by atoms with E-state index in [2.05, 4.69) is 57.3 Å². The zero-order valence-electron chi connectivity index (χ0n) is 20.7. The molecule has 4 atom stereocenters. The Labute approximate surface area is 194 Å². The van der Waals surface area contributed by atoms with Gasteiger partial charge in [0.1, 0.15) is 5.75 Å². The van der Waals surface area contributed by atoms with E-state index in [-0.39, 0.29) is 16.7 Å². The second kappa shape index (κ2) is 9.08. The summed E-state index contributed by atoms with van der Waals surface area (Å²) in [6.07, 6.45) is 12.7. The van der Waals surface area contributed by atoms with E-state index >= 15 is 0 Å². The normalized spacial score (nSPS) is 31.8. The van der Waals surface area contributed by atoms with E-state index in [4.69, 9.17) is 4.74 Å². The number of carbonyl (C=O) groups is 1. The maximum atomic E-state index is 13.5. The highest BCUT2D eigenvalue weighted by atomic mass is 16.5. The second-order valence-corrected chi connectivity index (χ2v) is 11.1. The Kier molecular flexibility index (Phi) is 6.56. The molecular weight excluding hydrogens is 394 g/mol. The monoisotopic (exact) mass is 435 g/mol. The summed E-state index contributed by atoms with van der Waals surface area (Å²) in [5, 5.41) is 3.31. The molecule has 3 unspecified atom stereocenters. The fraction of sp³-hybridized carbons (Fsp3) is 0.621. The summed E-state index contributed by atoms with van der Waals surface area (Å²) in [7, 11) is 1.68. The van der Waals surface area contributed by atoms with Crippen molar-refractivity contribution in [1.82, 2.24) is 5.32 Å². The molecule has 174 valence electrons. The molecule has 3 aliphatic rings. The summed E-state index contributed by atoms with van der Waals surface area (Å²) in [6, 6.07) is 8.14. The smallest absolute Gasteiger partial charge is 0.226 e. The lowest BCUT2D eigenvalue weighted by molar-refractivity contribution is -0.144. The van der Waals surface area contributed by atoms with E-state index in [0.29, 0.717) is 24.3 Å². The molecule has 1 aromatic carbocycles. The lowest BCUT2D eigenvalue weighted by atomic mass is 9.46. The molecule has 1 fully saturated rings. The van der Waals surface area contributed by atoms with Crippen molar-refractivity contribution >= 4 is 5.91 Å². The van der Waals surface area contributed by atoms with Gasteiger partial charge >= 0.3 is 0 Å². The molecule has 0 aromatic heterocycles. The van der Waals surface area contributed by atoms with Gasteiger partial charge in [0.15, 0.2) is 0 Å². The Hall–Kier alpha value is -2.03. The van der Waals surface area contributed by atoms with Crippen LogP contribution >= 0.6 is 0 Å². The first-order valence-corrected chi connectivity index (χ1v) is 12.6. The molecule has 4 rings (SSSR count). The van der Waals surface area contributed by atoms with E-state index < -0.39 is 0 Å². The Morgan fingerprint density at radius 1 is 1.19 bits per heavy atom. The van der Waals surface area contributed by atoms with E-state index in [9.17, 15) is 4.79 Å². The van der Waals surface area contributed by atoms with Crippen LogP contribution in [0.1, 0.15) is 71.8 Å². The van der Waals surface area contributed by atoms with Crippen molar-refractivity contribution in [3.05, 3.63) is 53.1 Å². The number of ether oxygens (including phenoxy) is 1. The number of hydrogen-bond acceptors (Lipinski definition) is 2. The molecule has 32 heavy (non-hydrogen) atoms. The van der Waals surface area contributed by atoms with Crippen LogP contribution in [-0.2, 0) is 11.2 Å². The minimum Gasteiger partial charge on any atom is -0.497 e. The topological polar surface area (TPSA) is 38.3 Å². The second-order valence-electron chi connectivity index (χ2n) is 11.1. The van der Waals surface area contributed by atoms with Gasteiger partial charge in [0.05, 0.1) is 12.5 Å². The lowest BCUT2D eigenvalue weighted by Crippen LogP contribution is -2.55. The van der Waals surface area contributed by atoms with Crippen LogP contribution in [0.15, 0.2) is 47.6 Å². The Bertz CT molecular complexity index is 896. The SMILES string of the molecule is COc1ccc(CCNC(=O)C2(C)CCC[C@]3(C)C4CCC(C(C)C)=CC4=CCC23)cc1. The van der Waals surface area contributed by atoms with Crippen LogP contribution in [0.25, 0.3) is 0 Å². The highest BCUT2D eigenvalue weighted by Crippen LogP contribution is 2.62. The van der Waals surface area contributed by atoms with Crippen molar-refractivity contribution in [2.45, 2.75) is 72.6 Å². The number of fused-ring (bicyclic) bond motifs is 3. The number of amides is 1. The number of nitrogens with one attached hydrogen (secondary N) is 1. The molecule has 1 saturated carbocycles. The minimum absolute atomic E-state index is 0.226. The minimum atomic E-state index is -0.281. The van der Waals surface area contributed by atoms with Gasteiger partial charge < -0.3 is 10.1 Å². The lowest BCUT2D eigenvalue weighted by Gasteiger charge is -2.57. The summed E-state index contributed by atoms with van der Waals surface area (Å²) >= 11 is 0. The van der Waals surface area contributed by atoms with Gasteiger partial charge in [-0.3, -0.25) is 4.79 Å². The Balaban J connectivity index is 1.46. The number of benzene rings is 1. The highest BCUT2D eigenvalue weighted by molar-refractivity contribution is 5.83.